The Kier molecular flexibility index (Phi) is 17.5. The number of rotatable bonds is 6. The summed E-state index contributed by atoms with van der Waals surface area (Å²) in [5.74, 6) is -1.71. The zero-order valence-corrected chi connectivity index (χ0v) is 9.04. The van der Waals surface area contributed by atoms with E-state index in [4.69, 9.17) is 9.47 Å². The van der Waals surface area contributed by atoms with E-state index in [0.29, 0.717) is 19.6 Å². The van der Waals surface area contributed by atoms with Crippen molar-refractivity contribution < 1.29 is 19.1 Å². The number of ether oxygens (including phenoxy) is 2. The molecule has 0 heterocycles. The summed E-state index contributed by atoms with van der Waals surface area (Å²) >= 11 is 0. The molecule has 0 N–H and O–H groups in total. The molecule has 0 bridgehead atoms. The summed E-state index contributed by atoms with van der Waals surface area (Å²) in [5, 5.41) is 0. The molecule has 0 aromatic rings. The zero-order valence-electron chi connectivity index (χ0n) is 9.04. The summed E-state index contributed by atoms with van der Waals surface area (Å²) in [4.78, 5) is 22.7. The molecule has 0 saturated carbocycles. The van der Waals surface area contributed by atoms with Crippen molar-refractivity contribution in [1.82, 2.24) is 0 Å². The van der Waals surface area contributed by atoms with E-state index >= 15 is 0 Å². The molecule has 0 aliphatic carbocycles. The van der Waals surface area contributed by atoms with Gasteiger partial charge >= 0.3 is 30.8 Å². The minimum absolute atomic E-state index is 0. The van der Waals surface area contributed by atoms with Crippen LogP contribution >= 0.6 is 0 Å². The van der Waals surface area contributed by atoms with Crippen LogP contribution in [0.2, 0.25) is 0 Å². The molecule has 0 aromatic carbocycles. The van der Waals surface area contributed by atoms with Crippen LogP contribution in [-0.2, 0) is 19.1 Å². The van der Waals surface area contributed by atoms with Gasteiger partial charge in [-0.3, -0.25) is 9.59 Å². The molecule has 0 rings (SSSR count). The number of esters is 2. The van der Waals surface area contributed by atoms with Gasteiger partial charge in [-0.15, -0.1) is 0 Å². The molecule has 0 radical (unpaired) electrons. The van der Waals surface area contributed by atoms with E-state index in [0.717, 1.165) is 6.42 Å². The summed E-state index contributed by atoms with van der Waals surface area (Å²) in [7, 11) is 0. The first kappa shape index (κ1) is 21.4. The molecular formula is C10H22AlLiO4. The predicted molar refractivity (Wildman–Crippen MR) is 68.8 cm³/mol. The first-order valence-electron chi connectivity index (χ1n) is 5.00. The molecule has 0 aliphatic heterocycles. The van der Waals surface area contributed by atoms with E-state index in [1.807, 2.05) is 6.92 Å². The Morgan fingerprint density at radius 3 is 1.62 bits per heavy atom. The van der Waals surface area contributed by atoms with Crippen LogP contribution < -0.4 is 0 Å². The third kappa shape index (κ3) is 8.25. The molecule has 16 heavy (non-hydrogen) atoms. The van der Waals surface area contributed by atoms with Gasteiger partial charge in [0.15, 0.2) is 23.3 Å². The van der Waals surface area contributed by atoms with Crippen molar-refractivity contribution in [2.45, 2.75) is 33.6 Å². The second kappa shape index (κ2) is 13.1. The Labute approximate surface area is 120 Å². The van der Waals surface area contributed by atoms with Crippen LogP contribution in [0, 0.1) is 5.92 Å². The zero-order chi connectivity index (χ0) is 11.0. The second-order valence-electron chi connectivity index (χ2n) is 2.85. The molecule has 0 spiro atoms. The Morgan fingerprint density at radius 1 is 1.00 bits per heavy atom. The van der Waals surface area contributed by atoms with Crippen LogP contribution in [0.25, 0.3) is 0 Å². The summed E-state index contributed by atoms with van der Waals surface area (Å²) < 4.78 is 9.57. The number of hydrogen-bond acceptors (Lipinski definition) is 4. The first-order valence-corrected chi connectivity index (χ1v) is 5.00. The Balaban J connectivity index is -0.000000845. The third-order valence-corrected chi connectivity index (χ3v) is 1.72. The SMILES string of the molecule is CCCC(C(=O)OCC)C(=O)OCC.[AlH3].[LiH]. The summed E-state index contributed by atoms with van der Waals surface area (Å²) in [6.07, 6.45) is 1.24. The molecule has 4 nitrogen and oxygen atoms in total. The Hall–Kier alpha value is 0.0699. The Morgan fingerprint density at radius 2 is 1.38 bits per heavy atom. The van der Waals surface area contributed by atoms with E-state index in [9.17, 15) is 9.59 Å². The minimum atomic E-state index is -0.750. The van der Waals surface area contributed by atoms with Crippen molar-refractivity contribution in [3.05, 3.63) is 0 Å². The van der Waals surface area contributed by atoms with Crippen molar-refractivity contribution in [2.24, 2.45) is 5.92 Å². The second-order valence-corrected chi connectivity index (χ2v) is 2.85. The van der Waals surface area contributed by atoms with Crippen LogP contribution in [-0.4, -0.2) is 61.4 Å². The van der Waals surface area contributed by atoms with E-state index in [2.05, 4.69) is 0 Å². The van der Waals surface area contributed by atoms with Gasteiger partial charge in [-0.05, 0) is 20.3 Å². The number of carbonyl (C=O) groups is 2. The van der Waals surface area contributed by atoms with Crippen LogP contribution in [0.4, 0.5) is 0 Å². The van der Waals surface area contributed by atoms with Crippen molar-refractivity contribution in [1.29, 1.82) is 0 Å². The quantitative estimate of drug-likeness (QED) is 0.363. The van der Waals surface area contributed by atoms with Crippen molar-refractivity contribution in [3.63, 3.8) is 0 Å². The van der Waals surface area contributed by atoms with Gasteiger partial charge < -0.3 is 9.47 Å². The van der Waals surface area contributed by atoms with Gasteiger partial charge in [-0.1, -0.05) is 13.3 Å². The molecule has 90 valence electrons. The van der Waals surface area contributed by atoms with E-state index in [1.54, 1.807) is 13.8 Å². The fraction of sp³-hybridized carbons (Fsp3) is 0.800. The van der Waals surface area contributed by atoms with Crippen molar-refractivity contribution >= 4 is 48.2 Å². The summed E-state index contributed by atoms with van der Waals surface area (Å²) in [6.45, 7) is 5.92. The molecule has 6 heteroatoms. The van der Waals surface area contributed by atoms with Crippen molar-refractivity contribution in [2.75, 3.05) is 13.2 Å². The first-order chi connectivity index (χ1) is 6.67. The average molecular weight is 240 g/mol. The summed E-state index contributed by atoms with van der Waals surface area (Å²) in [6, 6.07) is 0. The maximum atomic E-state index is 11.3. The van der Waals surface area contributed by atoms with Gasteiger partial charge in [0.1, 0.15) is 0 Å². The number of hydrogen-bond donors (Lipinski definition) is 0. The van der Waals surface area contributed by atoms with Gasteiger partial charge in [0.2, 0.25) is 0 Å². The fourth-order valence-electron chi connectivity index (χ4n) is 1.11. The third-order valence-electron chi connectivity index (χ3n) is 1.72. The number of carbonyl (C=O) groups excluding carboxylic acids is 2. The van der Waals surface area contributed by atoms with Gasteiger partial charge in [0.05, 0.1) is 13.2 Å². The summed E-state index contributed by atoms with van der Waals surface area (Å²) in [5.41, 5.74) is 0. The van der Waals surface area contributed by atoms with Crippen LogP contribution in [0.15, 0.2) is 0 Å². The standard InChI is InChI=1S/C10H18O4.Al.Li.4H/c1-4-7-8(9(11)13-5-2)10(12)14-6-3;;;;;;/h8H,4-7H2,1-3H3;;;;;;. The predicted octanol–water partition coefficient (Wildman–Crippen LogP) is -0.304. The van der Waals surface area contributed by atoms with E-state index < -0.39 is 17.9 Å². The van der Waals surface area contributed by atoms with Gasteiger partial charge in [0.25, 0.3) is 0 Å². The molecular weight excluding hydrogens is 218 g/mol. The van der Waals surface area contributed by atoms with Crippen LogP contribution in [0.1, 0.15) is 33.6 Å². The van der Waals surface area contributed by atoms with Crippen LogP contribution in [0.5, 0.6) is 0 Å². The molecule has 0 fully saturated rings. The monoisotopic (exact) mass is 240 g/mol. The molecule has 0 atom stereocenters. The topological polar surface area (TPSA) is 52.6 Å². The van der Waals surface area contributed by atoms with Gasteiger partial charge in [-0.25, -0.2) is 0 Å². The van der Waals surface area contributed by atoms with Crippen molar-refractivity contribution in [3.8, 4) is 0 Å². The normalized spacial score (nSPS) is 8.75. The van der Waals surface area contributed by atoms with Crippen LogP contribution in [0.3, 0.4) is 0 Å². The van der Waals surface area contributed by atoms with E-state index in [1.165, 1.54) is 0 Å². The molecule has 0 amide bonds. The fourth-order valence-corrected chi connectivity index (χ4v) is 1.11. The Bertz CT molecular complexity index is 181. The van der Waals surface area contributed by atoms with Gasteiger partial charge in [-0.2, -0.15) is 0 Å². The maximum absolute atomic E-state index is 11.3. The van der Waals surface area contributed by atoms with Gasteiger partial charge in [0, 0.05) is 0 Å². The molecule has 0 aromatic heterocycles. The molecule has 0 aliphatic rings. The molecule has 0 saturated heterocycles. The molecule has 0 unspecified atom stereocenters. The average Bonchev–Trinajstić information content (AvgIpc) is 2.14. The van der Waals surface area contributed by atoms with E-state index in [-0.39, 0.29) is 36.2 Å².